The van der Waals surface area contributed by atoms with Crippen molar-refractivity contribution in [3.8, 4) is 0 Å². The average molecular weight is 317 g/mol. The van der Waals surface area contributed by atoms with Gasteiger partial charge in [-0.1, -0.05) is 30.3 Å². The Bertz CT molecular complexity index is 595. The molecule has 2 nitrogen and oxygen atoms in total. The number of nitrogens with one attached hydrogen (secondary N) is 1. The van der Waals surface area contributed by atoms with Gasteiger partial charge in [0.1, 0.15) is 0 Å². The first-order valence-electron chi connectivity index (χ1n) is 6.52. The minimum absolute atomic E-state index is 0.529. The molecule has 2 atom stereocenters. The van der Waals surface area contributed by atoms with Crippen molar-refractivity contribution >= 4 is 27.3 Å². The number of hydrogen-bond acceptors (Lipinski definition) is 2. The van der Waals surface area contributed by atoms with Crippen LogP contribution in [0.4, 0.5) is 11.4 Å². The summed E-state index contributed by atoms with van der Waals surface area (Å²) in [6.45, 7) is 2.04. The van der Waals surface area contributed by atoms with Gasteiger partial charge in [0, 0.05) is 27.8 Å². The number of benzene rings is 2. The highest BCUT2D eigenvalue weighted by molar-refractivity contribution is 9.10. The maximum atomic E-state index is 5.90. The van der Waals surface area contributed by atoms with Crippen LogP contribution in [0.1, 0.15) is 23.5 Å². The lowest BCUT2D eigenvalue weighted by Crippen LogP contribution is -2.05. The Hall–Kier alpha value is -1.48. The molecule has 98 valence electrons. The molecule has 1 aliphatic rings. The zero-order chi connectivity index (χ0) is 13.4. The number of hydrogen-bond donors (Lipinski definition) is 2. The predicted octanol–water partition coefficient (Wildman–Crippen LogP) is 4.31. The lowest BCUT2D eigenvalue weighted by atomic mass is 10.1. The summed E-state index contributed by atoms with van der Waals surface area (Å²) in [4.78, 5) is 0. The van der Waals surface area contributed by atoms with E-state index >= 15 is 0 Å². The van der Waals surface area contributed by atoms with E-state index in [1.165, 1.54) is 12.0 Å². The molecule has 2 aromatic carbocycles. The molecule has 0 spiro atoms. The highest BCUT2D eigenvalue weighted by atomic mass is 79.9. The molecule has 2 aromatic rings. The van der Waals surface area contributed by atoms with E-state index < -0.39 is 0 Å². The standard InChI is InChI=1S/C16H17BrN2/c1-10-7-16(13(17)9-14(10)18)19-15-8-12(15)11-5-3-2-4-6-11/h2-7,9,12,15,19H,8,18H2,1H3. The molecule has 2 unspecified atom stereocenters. The second-order valence-electron chi connectivity index (χ2n) is 5.19. The third kappa shape index (κ3) is 2.61. The van der Waals surface area contributed by atoms with E-state index in [9.17, 15) is 0 Å². The van der Waals surface area contributed by atoms with Gasteiger partial charge in [-0.25, -0.2) is 0 Å². The van der Waals surface area contributed by atoms with Gasteiger partial charge in [0.25, 0.3) is 0 Å². The maximum Gasteiger partial charge on any atom is 0.0491 e. The maximum absolute atomic E-state index is 5.90. The van der Waals surface area contributed by atoms with Crippen molar-refractivity contribution in [3.05, 3.63) is 58.1 Å². The predicted molar refractivity (Wildman–Crippen MR) is 84.5 cm³/mol. The van der Waals surface area contributed by atoms with Crippen molar-refractivity contribution in [1.29, 1.82) is 0 Å². The molecule has 0 aliphatic heterocycles. The van der Waals surface area contributed by atoms with Crippen LogP contribution in [0, 0.1) is 6.92 Å². The fourth-order valence-corrected chi connectivity index (χ4v) is 2.91. The number of anilines is 2. The smallest absolute Gasteiger partial charge is 0.0491 e. The first-order valence-corrected chi connectivity index (χ1v) is 7.31. The van der Waals surface area contributed by atoms with Crippen LogP contribution in [-0.2, 0) is 0 Å². The Morgan fingerprint density at radius 2 is 1.95 bits per heavy atom. The van der Waals surface area contributed by atoms with E-state index in [1.54, 1.807) is 0 Å². The summed E-state index contributed by atoms with van der Waals surface area (Å²) in [6, 6.07) is 15.3. The van der Waals surface area contributed by atoms with Crippen LogP contribution in [0.15, 0.2) is 46.9 Å². The summed E-state index contributed by atoms with van der Waals surface area (Å²) in [7, 11) is 0. The molecule has 1 aliphatic carbocycles. The van der Waals surface area contributed by atoms with Crippen molar-refractivity contribution in [1.82, 2.24) is 0 Å². The van der Waals surface area contributed by atoms with E-state index in [4.69, 9.17) is 5.73 Å². The first-order chi connectivity index (χ1) is 9.15. The van der Waals surface area contributed by atoms with E-state index in [-0.39, 0.29) is 0 Å². The summed E-state index contributed by atoms with van der Waals surface area (Å²) >= 11 is 3.57. The Morgan fingerprint density at radius 3 is 2.68 bits per heavy atom. The Morgan fingerprint density at radius 1 is 1.21 bits per heavy atom. The second-order valence-corrected chi connectivity index (χ2v) is 6.05. The van der Waals surface area contributed by atoms with Crippen LogP contribution in [0.2, 0.25) is 0 Å². The van der Waals surface area contributed by atoms with E-state index in [0.29, 0.717) is 12.0 Å². The Labute approximate surface area is 122 Å². The van der Waals surface area contributed by atoms with Crippen molar-refractivity contribution in [2.75, 3.05) is 11.1 Å². The van der Waals surface area contributed by atoms with Gasteiger partial charge in [0.05, 0.1) is 0 Å². The van der Waals surface area contributed by atoms with E-state index in [0.717, 1.165) is 21.4 Å². The number of halogens is 1. The molecule has 3 heteroatoms. The quantitative estimate of drug-likeness (QED) is 0.828. The second kappa shape index (κ2) is 4.89. The SMILES string of the molecule is Cc1cc(NC2CC2c2ccccc2)c(Br)cc1N. The van der Waals surface area contributed by atoms with Gasteiger partial charge in [-0.3, -0.25) is 0 Å². The largest absolute Gasteiger partial charge is 0.398 e. The van der Waals surface area contributed by atoms with Crippen molar-refractivity contribution in [2.45, 2.75) is 25.3 Å². The van der Waals surface area contributed by atoms with Crippen molar-refractivity contribution in [3.63, 3.8) is 0 Å². The zero-order valence-electron chi connectivity index (χ0n) is 10.9. The summed E-state index contributed by atoms with van der Waals surface area (Å²) in [6.07, 6.45) is 1.19. The van der Waals surface area contributed by atoms with Crippen LogP contribution < -0.4 is 11.1 Å². The molecule has 0 saturated heterocycles. The van der Waals surface area contributed by atoms with Crippen LogP contribution in [0.5, 0.6) is 0 Å². The molecular formula is C16H17BrN2. The fraction of sp³-hybridized carbons (Fsp3) is 0.250. The summed E-state index contributed by atoms with van der Waals surface area (Å²) in [5.74, 6) is 0.631. The minimum atomic E-state index is 0.529. The monoisotopic (exact) mass is 316 g/mol. The van der Waals surface area contributed by atoms with Gasteiger partial charge >= 0.3 is 0 Å². The van der Waals surface area contributed by atoms with Crippen LogP contribution >= 0.6 is 15.9 Å². The third-order valence-corrected chi connectivity index (χ3v) is 4.37. The Balaban J connectivity index is 1.73. The Kier molecular flexibility index (Phi) is 3.23. The first kappa shape index (κ1) is 12.5. The van der Waals surface area contributed by atoms with Crippen LogP contribution in [0.3, 0.4) is 0 Å². The normalized spacial score (nSPS) is 21.2. The minimum Gasteiger partial charge on any atom is -0.398 e. The van der Waals surface area contributed by atoms with Crippen LogP contribution in [0.25, 0.3) is 0 Å². The molecule has 3 N–H and O–H groups in total. The summed E-state index contributed by atoms with van der Waals surface area (Å²) in [5.41, 5.74) is 10.4. The average Bonchev–Trinajstić information content (AvgIpc) is 3.16. The van der Waals surface area contributed by atoms with Gasteiger partial charge in [-0.2, -0.15) is 0 Å². The highest BCUT2D eigenvalue weighted by Gasteiger charge is 2.38. The zero-order valence-corrected chi connectivity index (χ0v) is 12.4. The van der Waals surface area contributed by atoms with Crippen LogP contribution in [-0.4, -0.2) is 6.04 Å². The van der Waals surface area contributed by atoms with Gasteiger partial charge < -0.3 is 11.1 Å². The van der Waals surface area contributed by atoms with E-state index in [1.807, 2.05) is 13.0 Å². The molecule has 0 radical (unpaired) electrons. The summed E-state index contributed by atoms with van der Waals surface area (Å²) in [5, 5.41) is 3.60. The lowest BCUT2D eigenvalue weighted by molar-refractivity contribution is 1.04. The van der Waals surface area contributed by atoms with Gasteiger partial charge in [0.2, 0.25) is 0 Å². The summed E-state index contributed by atoms with van der Waals surface area (Å²) < 4.78 is 1.04. The fourth-order valence-electron chi connectivity index (χ4n) is 2.43. The molecule has 3 rings (SSSR count). The molecule has 0 heterocycles. The third-order valence-electron chi connectivity index (χ3n) is 3.71. The number of rotatable bonds is 3. The molecule has 19 heavy (non-hydrogen) atoms. The van der Waals surface area contributed by atoms with E-state index in [2.05, 4.69) is 57.6 Å². The number of aryl methyl sites for hydroxylation is 1. The lowest BCUT2D eigenvalue weighted by Gasteiger charge is -2.11. The number of nitrogens with two attached hydrogens (primary N) is 1. The molecule has 0 amide bonds. The molecule has 1 saturated carbocycles. The van der Waals surface area contributed by atoms with Gasteiger partial charge in [-0.15, -0.1) is 0 Å². The topological polar surface area (TPSA) is 38.0 Å². The van der Waals surface area contributed by atoms with Gasteiger partial charge in [-0.05, 0) is 52.5 Å². The molecule has 0 aromatic heterocycles. The molecule has 0 bridgehead atoms. The van der Waals surface area contributed by atoms with Crippen molar-refractivity contribution in [2.24, 2.45) is 0 Å². The molecular weight excluding hydrogens is 300 g/mol. The number of nitrogen functional groups attached to an aromatic ring is 1. The molecule has 1 fully saturated rings. The van der Waals surface area contributed by atoms with Crippen molar-refractivity contribution < 1.29 is 0 Å². The highest BCUT2D eigenvalue weighted by Crippen LogP contribution is 2.44. The van der Waals surface area contributed by atoms with Gasteiger partial charge in [0.15, 0.2) is 0 Å².